The summed E-state index contributed by atoms with van der Waals surface area (Å²) >= 11 is 1.15. The van der Waals surface area contributed by atoms with E-state index in [1.165, 1.54) is 12.1 Å². The smallest absolute Gasteiger partial charge is 0.409 e. The van der Waals surface area contributed by atoms with Gasteiger partial charge in [0.05, 0.1) is 10.7 Å². The van der Waals surface area contributed by atoms with Crippen LogP contribution in [0.25, 0.3) is 0 Å². The van der Waals surface area contributed by atoms with Gasteiger partial charge in [0.25, 0.3) is 0 Å². The lowest BCUT2D eigenvalue weighted by Gasteiger charge is -1.99. The molecule has 0 aliphatic carbocycles. The number of hydrogen-bond donors (Lipinski definition) is 2. The summed E-state index contributed by atoms with van der Waals surface area (Å²) in [6.07, 6.45) is -0.920. The van der Waals surface area contributed by atoms with Crippen molar-refractivity contribution in [3.63, 3.8) is 0 Å². The summed E-state index contributed by atoms with van der Waals surface area (Å²) < 4.78 is 26.1. The topological polar surface area (TPSA) is 62.2 Å². The second-order valence-corrected chi connectivity index (χ2v) is 4.99. The van der Waals surface area contributed by atoms with Crippen LogP contribution < -0.4 is 5.32 Å². The van der Waals surface area contributed by atoms with Crippen LogP contribution in [0.4, 0.5) is 18.6 Å². The van der Waals surface area contributed by atoms with Crippen LogP contribution in [0.1, 0.15) is 16.3 Å². The molecule has 19 heavy (non-hydrogen) atoms. The molecule has 1 amide bonds. The van der Waals surface area contributed by atoms with E-state index in [4.69, 9.17) is 5.11 Å². The summed E-state index contributed by atoms with van der Waals surface area (Å²) in [4.78, 5) is 14.7. The van der Waals surface area contributed by atoms with Crippen LogP contribution in [-0.4, -0.2) is 16.2 Å². The SMILES string of the molecule is Cc1nc(Cc2cc(F)cc(F)c2)sc1NC(=O)O. The first kappa shape index (κ1) is 13.4. The molecular weight excluding hydrogens is 274 g/mol. The highest BCUT2D eigenvalue weighted by atomic mass is 32.1. The van der Waals surface area contributed by atoms with Gasteiger partial charge in [0.1, 0.15) is 16.6 Å². The van der Waals surface area contributed by atoms with Gasteiger partial charge in [0.2, 0.25) is 0 Å². The van der Waals surface area contributed by atoms with Gasteiger partial charge in [-0.3, -0.25) is 5.32 Å². The van der Waals surface area contributed by atoms with E-state index in [0.717, 1.165) is 17.4 Å². The van der Waals surface area contributed by atoms with Crippen molar-refractivity contribution in [2.24, 2.45) is 0 Å². The molecule has 1 aromatic heterocycles. The lowest BCUT2D eigenvalue weighted by molar-refractivity contribution is 0.210. The van der Waals surface area contributed by atoms with Gasteiger partial charge in [-0.05, 0) is 24.6 Å². The van der Waals surface area contributed by atoms with E-state index >= 15 is 0 Å². The molecule has 0 aliphatic rings. The zero-order valence-corrected chi connectivity index (χ0v) is 10.7. The van der Waals surface area contributed by atoms with Crippen molar-refractivity contribution in [2.75, 3.05) is 5.32 Å². The van der Waals surface area contributed by atoms with Crippen molar-refractivity contribution < 1.29 is 18.7 Å². The monoisotopic (exact) mass is 284 g/mol. The normalized spacial score (nSPS) is 10.5. The van der Waals surface area contributed by atoms with Crippen LogP contribution in [0.3, 0.4) is 0 Å². The van der Waals surface area contributed by atoms with E-state index in [-0.39, 0.29) is 6.42 Å². The summed E-state index contributed by atoms with van der Waals surface area (Å²) in [5.74, 6) is -1.29. The number of halogens is 2. The molecule has 7 heteroatoms. The van der Waals surface area contributed by atoms with Crippen molar-refractivity contribution in [1.29, 1.82) is 0 Å². The second-order valence-electron chi connectivity index (χ2n) is 3.91. The van der Waals surface area contributed by atoms with Crippen LogP contribution >= 0.6 is 11.3 Å². The second kappa shape index (κ2) is 5.31. The Labute approximate surface area is 111 Å². The minimum atomic E-state index is -1.17. The molecule has 1 aromatic carbocycles. The fourth-order valence-electron chi connectivity index (χ4n) is 1.63. The highest BCUT2D eigenvalue weighted by molar-refractivity contribution is 7.16. The minimum Gasteiger partial charge on any atom is -0.465 e. The summed E-state index contributed by atoms with van der Waals surface area (Å²) in [6, 6.07) is 3.25. The number of hydrogen-bond acceptors (Lipinski definition) is 3. The van der Waals surface area contributed by atoms with Crippen LogP contribution in [0.15, 0.2) is 18.2 Å². The van der Waals surface area contributed by atoms with Gasteiger partial charge in [-0.15, -0.1) is 11.3 Å². The van der Waals surface area contributed by atoms with Crippen molar-refractivity contribution >= 4 is 22.4 Å². The predicted octanol–water partition coefficient (Wildman–Crippen LogP) is 3.41. The number of nitrogens with zero attached hydrogens (tertiary/aromatic N) is 1. The van der Waals surface area contributed by atoms with Crippen LogP contribution in [0.2, 0.25) is 0 Å². The maximum atomic E-state index is 13.0. The van der Waals surface area contributed by atoms with Crippen LogP contribution in [0, 0.1) is 18.6 Å². The molecule has 0 unspecified atom stereocenters. The Kier molecular flexibility index (Phi) is 3.75. The Morgan fingerprint density at radius 1 is 1.37 bits per heavy atom. The van der Waals surface area contributed by atoms with E-state index in [0.29, 0.717) is 21.3 Å². The van der Waals surface area contributed by atoms with E-state index in [1.54, 1.807) is 6.92 Å². The molecule has 100 valence electrons. The molecule has 0 spiro atoms. The minimum absolute atomic E-state index is 0.251. The van der Waals surface area contributed by atoms with Crippen molar-refractivity contribution in [1.82, 2.24) is 4.98 Å². The largest absolute Gasteiger partial charge is 0.465 e. The number of anilines is 1. The molecule has 1 heterocycles. The van der Waals surface area contributed by atoms with E-state index in [1.807, 2.05) is 0 Å². The summed E-state index contributed by atoms with van der Waals surface area (Å²) in [6.45, 7) is 1.66. The lowest BCUT2D eigenvalue weighted by Crippen LogP contribution is -2.06. The number of thiazole rings is 1. The van der Waals surface area contributed by atoms with Gasteiger partial charge in [0, 0.05) is 12.5 Å². The number of aryl methyl sites for hydroxylation is 1. The predicted molar refractivity (Wildman–Crippen MR) is 67.7 cm³/mol. The number of nitrogens with one attached hydrogen (secondary N) is 1. The summed E-state index contributed by atoms with van der Waals surface area (Å²) in [5.41, 5.74) is 0.993. The fourth-order valence-corrected chi connectivity index (χ4v) is 2.62. The maximum Gasteiger partial charge on any atom is 0.409 e. The van der Waals surface area contributed by atoms with Gasteiger partial charge in [-0.1, -0.05) is 0 Å². The Hall–Kier alpha value is -2.02. The molecule has 2 rings (SSSR count). The van der Waals surface area contributed by atoms with Crippen LogP contribution in [-0.2, 0) is 6.42 Å². The Morgan fingerprint density at radius 2 is 2.00 bits per heavy atom. The van der Waals surface area contributed by atoms with Crippen molar-refractivity contribution in [3.8, 4) is 0 Å². The zero-order valence-electron chi connectivity index (χ0n) is 9.91. The zero-order chi connectivity index (χ0) is 14.0. The molecule has 0 fully saturated rings. The van der Waals surface area contributed by atoms with Crippen LogP contribution in [0.5, 0.6) is 0 Å². The number of carboxylic acid groups (broad SMARTS) is 1. The average molecular weight is 284 g/mol. The standard InChI is InChI=1S/C12H10F2N2O2S/c1-6-11(16-12(17)18)19-10(15-6)4-7-2-8(13)5-9(14)3-7/h2-3,5,16H,4H2,1H3,(H,17,18). The van der Waals surface area contributed by atoms with Gasteiger partial charge >= 0.3 is 6.09 Å². The highest BCUT2D eigenvalue weighted by Crippen LogP contribution is 2.26. The Balaban J connectivity index is 2.21. The summed E-state index contributed by atoms with van der Waals surface area (Å²) in [7, 11) is 0. The number of rotatable bonds is 3. The number of carbonyl (C=O) groups is 1. The third kappa shape index (κ3) is 3.47. The molecule has 2 N–H and O–H groups in total. The van der Waals surface area contributed by atoms with Gasteiger partial charge in [0.15, 0.2) is 0 Å². The Bertz CT molecular complexity index is 608. The fraction of sp³-hybridized carbons (Fsp3) is 0.167. The molecular formula is C12H10F2N2O2S. The highest BCUT2D eigenvalue weighted by Gasteiger charge is 2.11. The number of benzene rings is 1. The molecule has 0 saturated heterocycles. The van der Waals surface area contributed by atoms with Gasteiger partial charge < -0.3 is 5.11 Å². The van der Waals surface area contributed by atoms with E-state index in [2.05, 4.69) is 10.3 Å². The lowest BCUT2D eigenvalue weighted by atomic mass is 10.1. The summed E-state index contributed by atoms with van der Waals surface area (Å²) in [5, 5.41) is 11.9. The molecule has 0 bridgehead atoms. The third-order valence-electron chi connectivity index (χ3n) is 2.34. The third-order valence-corrected chi connectivity index (χ3v) is 3.41. The average Bonchev–Trinajstić information content (AvgIpc) is 2.56. The number of aromatic nitrogens is 1. The Morgan fingerprint density at radius 3 is 2.58 bits per heavy atom. The molecule has 0 saturated carbocycles. The van der Waals surface area contributed by atoms with Gasteiger partial charge in [-0.2, -0.15) is 0 Å². The molecule has 4 nitrogen and oxygen atoms in total. The van der Waals surface area contributed by atoms with Gasteiger partial charge in [-0.25, -0.2) is 18.6 Å². The number of amides is 1. The molecule has 0 aliphatic heterocycles. The van der Waals surface area contributed by atoms with Crippen molar-refractivity contribution in [3.05, 3.63) is 46.1 Å². The first-order chi connectivity index (χ1) is 8.94. The first-order valence-corrected chi connectivity index (χ1v) is 6.17. The van der Waals surface area contributed by atoms with E-state index in [9.17, 15) is 13.6 Å². The molecule has 0 radical (unpaired) electrons. The maximum absolute atomic E-state index is 13.0. The first-order valence-electron chi connectivity index (χ1n) is 5.35. The molecule has 2 aromatic rings. The quantitative estimate of drug-likeness (QED) is 0.908. The molecule has 0 atom stereocenters. The van der Waals surface area contributed by atoms with Crippen molar-refractivity contribution in [2.45, 2.75) is 13.3 Å². The van der Waals surface area contributed by atoms with E-state index < -0.39 is 17.7 Å².